The molecule has 9 nitrogen and oxygen atoms in total. The highest BCUT2D eigenvalue weighted by molar-refractivity contribution is 8.00. The van der Waals surface area contributed by atoms with E-state index in [1.165, 1.54) is 36.3 Å². The van der Waals surface area contributed by atoms with Crippen molar-refractivity contribution in [2.45, 2.75) is 15.0 Å². The molecule has 0 bridgehead atoms. The van der Waals surface area contributed by atoms with Gasteiger partial charge in [-0.25, -0.2) is 23.1 Å². The Labute approximate surface area is 224 Å². The molecule has 0 aliphatic heterocycles. The molecular weight excluding hydrogens is 529 g/mol. The van der Waals surface area contributed by atoms with Crippen LogP contribution in [0.4, 0.5) is 11.6 Å². The fraction of sp³-hybridized carbons (Fsp3) is 0.0400. The minimum absolute atomic E-state index is 0.0231. The zero-order valence-electron chi connectivity index (χ0n) is 19.2. The predicted octanol–water partition coefficient (Wildman–Crippen LogP) is 4.13. The molecule has 12 heteroatoms. The van der Waals surface area contributed by atoms with Crippen LogP contribution < -0.4 is 20.9 Å². The largest absolute Gasteiger partial charge is 0.331 e. The van der Waals surface area contributed by atoms with Crippen LogP contribution in [0, 0.1) is 0 Å². The standard InChI is InChI=1S/C25H22N6O3S3/c32-23(22(18-8-3-1-4-9-18)36-20-10-5-2-6-11-20)29-30-25(35)28-19-12-14-21(15-13-19)37(33,34)31-24-26-16-7-17-27-24/h1-17,22H,(H,29,32)(H,26,27,31)(H2,28,30,35)/t22-/m0/s1. The van der Waals surface area contributed by atoms with Crippen LogP contribution in [-0.4, -0.2) is 29.4 Å². The minimum Gasteiger partial charge on any atom is -0.331 e. The van der Waals surface area contributed by atoms with Gasteiger partial charge in [0, 0.05) is 23.0 Å². The maximum Gasteiger partial charge on any atom is 0.264 e. The van der Waals surface area contributed by atoms with Crippen LogP contribution >= 0.6 is 24.0 Å². The second-order valence-electron chi connectivity index (χ2n) is 7.49. The van der Waals surface area contributed by atoms with E-state index in [0.717, 1.165) is 10.5 Å². The van der Waals surface area contributed by atoms with Crippen molar-refractivity contribution >= 4 is 56.7 Å². The smallest absolute Gasteiger partial charge is 0.264 e. The van der Waals surface area contributed by atoms with Gasteiger partial charge < -0.3 is 5.32 Å². The Kier molecular flexibility index (Phi) is 8.67. The molecule has 1 heterocycles. The SMILES string of the molecule is O=C(NNC(=S)Nc1ccc(S(=O)(=O)Nc2ncccn2)cc1)[C@@H](Sc1ccccc1)c1ccccc1. The number of rotatable bonds is 8. The van der Waals surface area contributed by atoms with Crippen molar-refractivity contribution < 1.29 is 13.2 Å². The third-order valence-corrected chi connectivity index (χ3v) is 7.67. The van der Waals surface area contributed by atoms with Crippen LogP contribution in [-0.2, 0) is 14.8 Å². The van der Waals surface area contributed by atoms with Gasteiger partial charge in [0.05, 0.1) is 4.90 Å². The van der Waals surface area contributed by atoms with E-state index in [0.29, 0.717) is 5.69 Å². The summed E-state index contributed by atoms with van der Waals surface area (Å²) >= 11 is 6.71. The van der Waals surface area contributed by atoms with Crippen molar-refractivity contribution in [2.75, 3.05) is 10.0 Å². The van der Waals surface area contributed by atoms with Gasteiger partial charge in [-0.1, -0.05) is 48.5 Å². The molecule has 1 aromatic heterocycles. The molecule has 37 heavy (non-hydrogen) atoms. The lowest BCUT2D eigenvalue weighted by molar-refractivity contribution is -0.121. The fourth-order valence-corrected chi connectivity index (χ4v) is 5.30. The Morgan fingerprint density at radius 2 is 1.43 bits per heavy atom. The molecule has 0 aliphatic carbocycles. The number of aromatic nitrogens is 2. The molecule has 4 aromatic rings. The Balaban J connectivity index is 1.35. The van der Waals surface area contributed by atoms with E-state index >= 15 is 0 Å². The average molecular weight is 551 g/mol. The molecule has 4 rings (SSSR count). The van der Waals surface area contributed by atoms with Crippen LogP contribution in [0.3, 0.4) is 0 Å². The van der Waals surface area contributed by atoms with Crippen molar-refractivity contribution in [3.8, 4) is 0 Å². The first-order chi connectivity index (χ1) is 17.9. The van der Waals surface area contributed by atoms with Crippen LogP contribution in [0.5, 0.6) is 0 Å². The molecule has 1 amide bonds. The summed E-state index contributed by atoms with van der Waals surface area (Å²) in [5.74, 6) is -0.301. The first kappa shape index (κ1) is 26.1. The number of sulfonamides is 1. The Hall–Kier alpha value is -4.00. The van der Waals surface area contributed by atoms with E-state index < -0.39 is 15.3 Å². The number of amides is 1. The molecular formula is C25H22N6O3S3. The van der Waals surface area contributed by atoms with Crippen LogP contribution in [0.25, 0.3) is 0 Å². The van der Waals surface area contributed by atoms with Crippen molar-refractivity contribution in [3.63, 3.8) is 0 Å². The number of benzene rings is 3. The van der Waals surface area contributed by atoms with Crippen molar-refractivity contribution in [3.05, 3.63) is 109 Å². The van der Waals surface area contributed by atoms with Crippen molar-refractivity contribution in [2.24, 2.45) is 0 Å². The van der Waals surface area contributed by atoms with Gasteiger partial charge in [-0.05, 0) is 60.2 Å². The molecule has 188 valence electrons. The summed E-state index contributed by atoms with van der Waals surface area (Å²) in [5, 5.41) is 2.54. The predicted molar refractivity (Wildman–Crippen MR) is 148 cm³/mol. The Bertz CT molecular complexity index is 1440. The molecule has 0 saturated carbocycles. The maximum atomic E-state index is 13.0. The second-order valence-corrected chi connectivity index (χ2v) is 10.8. The quantitative estimate of drug-likeness (QED) is 0.146. The number of thiocarbonyl (C=S) groups is 1. The van der Waals surface area contributed by atoms with Gasteiger partial charge in [0.1, 0.15) is 5.25 Å². The summed E-state index contributed by atoms with van der Waals surface area (Å²) in [5.41, 5.74) is 6.73. The number of hydrogen-bond acceptors (Lipinski definition) is 7. The summed E-state index contributed by atoms with van der Waals surface area (Å²) in [7, 11) is -3.85. The molecule has 0 aliphatic rings. The second kappa shape index (κ2) is 12.3. The van der Waals surface area contributed by atoms with Crippen LogP contribution in [0.1, 0.15) is 10.8 Å². The molecule has 4 N–H and O–H groups in total. The molecule has 0 unspecified atom stereocenters. The summed E-state index contributed by atoms with van der Waals surface area (Å²) in [6.07, 6.45) is 2.88. The van der Waals surface area contributed by atoms with Gasteiger partial charge >= 0.3 is 0 Å². The van der Waals surface area contributed by atoms with Gasteiger partial charge in [-0.3, -0.25) is 15.6 Å². The minimum atomic E-state index is -3.85. The van der Waals surface area contributed by atoms with Gasteiger partial charge in [-0.15, -0.1) is 11.8 Å². The van der Waals surface area contributed by atoms with Crippen molar-refractivity contribution in [1.82, 2.24) is 20.8 Å². The van der Waals surface area contributed by atoms with Gasteiger partial charge in [-0.2, -0.15) is 0 Å². The van der Waals surface area contributed by atoms with E-state index in [9.17, 15) is 13.2 Å². The molecule has 0 saturated heterocycles. The van der Waals surface area contributed by atoms with Gasteiger partial charge in [0.2, 0.25) is 5.95 Å². The molecule has 0 radical (unpaired) electrons. The van der Waals surface area contributed by atoms with E-state index in [1.807, 2.05) is 60.7 Å². The third-order valence-electron chi connectivity index (χ3n) is 4.85. The van der Waals surface area contributed by atoms with Gasteiger partial charge in [0.15, 0.2) is 5.11 Å². The van der Waals surface area contributed by atoms with Crippen LogP contribution in [0.2, 0.25) is 0 Å². The monoisotopic (exact) mass is 550 g/mol. The number of thioether (sulfide) groups is 1. The third kappa shape index (κ3) is 7.49. The van der Waals surface area contributed by atoms with E-state index in [-0.39, 0.29) is 21.9 Å². The highest BCUT2D eigenvalue weighted by Crippen LogP contribution is 2.35. The first-order valence-electron chi connectivity index (χ1n) is 10.9. The Morgan fingerprint density at radius 3 is 2.08 bits per heavy atom. The highest BCUT2D eigenvalue weighted by atomic mass is 32.2. The number of carbonyl (C=O) groups is 1. The molecule has 3 aromatic carbocycles. The molecule has 0 fully saturated rings. The van der Waals surface area contributed by atoms with Gasteiger partial charge in [0.25, 0.3) is 15.9 Å². The lowest BCUT2D eigenvalue weighted by Crippen LogP contribution is -2.45. The normalized spacial score (nSPS) is 11.7. The molecule has 1 atom stereocenters. The van der Waals surface area contributed by atoms with E-state index in [2.05, 4.69) is 30.9 Å². The molecule has 0 spiro atoms. The highest BCUT2D eigenvalue weighted by Gasteiger charge is 2.22. The number of carbonyl (C=O) groups excluding carboxylic acids is 1. The zero-order chi connectivity index (χ0) is 26.1. The lowest BCUT2D eigenvalue weighted by atomic mass is 10.1. The topological polar surface area (TPSA) is 125 Å². The van der Waals surface area contributed by atoms with E-state index in [1.54, 1.807) is 18.2 Å². The zero-order valence-corrected chi connectivity index (χ0v) is 21.7. The summed E-state index contributed by atoms with van der Waals surface area (Å²) < 4.78 is 27.4. The number of nitrogens with one attached hydrogen (secondary N) is 4. The maximum absolute atomic E-state index is 13.0. The summed E-state index contributed by atoms with van der Waals surface area (Å²) in [4.78, 5) is 21.7. The first-order valence-corrected chi connectivity index (χ1v) is 13.7. The number of nitrogens with zero attached hydrogens (tertiary/aromatic N) is 2. The van der Waals surface area contributed by atoms with E-state index in [4.69, 9.17) is 12.2 Å². The van der Waals surface area contributed by atoms with Crippen molar-refractivity contribution in [1.29, 1.82) is 0 Å². The number of hydrazine groups is 1. The van der Waals surface area contributed by atoms with Crippen LogP contribution in [0.15, 0.2) is 113 Å². The average Bonchev–Trinajstić information content (AvgIpc) is 2.92. The lowest BCUT2D eigenvalue weighted by Gasteiger charge is -2.18. The fourth-order valence-electron chi connectivity index (χ4n) is 3.13. The number of hydrogen-bond donors (Lipinski definition) is 4. The Morgan fingerprint density at radius 1 is 0.811 bits per heavy atom. The summed E-state index contributed by atoms with van der Waals surface area (Å²) in [6.45, 7) is 0. The summed E-state index contributed by atoms with van der Waals surface area (Å²) in [6, 6.07) is 26.6. The number of anilines is 2.